The van der Waals surface area contributed by atoms with Gasteiger partial charge in [0.05, 0.1) is 5.56 Å². The van der Waals surface area contributed by atoms with Gasteiger partial charge in [0.25, 0.3) is 0 Å². The van der Waals surface area contributed by atoms with Crippen molar-refractivity contribution in [2.45, 2.75) is 44.8 Å². The molecule has 4 aromatic rings. The molecule has 0 unspecified atom stereocenters. The number of ether oxygens (including phenoxy) is 2. The number of carbonyl (C=O) groups is 3. The normalized spacial score (nSPS) is 13.0. The molecule has 0 bridgehead atoms. The molecule has 42 heavy (non-hydrogen) atoms. The number of carboxylic acid groups (broad SMARTS) is 1. The quantitative estimate of drug-likeness (QED) is 0.228. The molecule has 0 fully saturated rings. The van der Waals surface area contributed by atoms with E-state index >= 15 is 0 Å². The summed E-state index contributed by atoms with van der Waals surface area (Å²) in [4.78, 5) is 38.3. The highest BCUT2D eigenvalue weighted by Gasteiger charge is 2.30. The van der Waals surface area contributed by atoms with Gasteiger partial charge in [-0.2, -0.15) is 0 Å². The van der Waals surface area contributed by atoms with Crippen molar-refractivity contribution in [3.8, 4) is 22.3 Å². The fourth-order valence-electron chi connectivity index (χ4n) is 5.29. The van der Waals surface area contributed by atoms with Crippen molar-refractivity contribution in [3.05, 3.63) is 119 Å². The van der Waals surface area contributed by atoms with Gasteiger partial charge in [0, 0.05) is 12.3 Å². The monoisotopic (exact) mass is 563 g/mol. The lowest BCUT2D eigenvalue weighted by Crippen LogP contribution is -2.43. The number of fused-ring (bicyclic) bond motifs is 3. The molecule has 0 radical (unpaired) electrons. The summed E-state index contributed by atoms with van der Waals surface area (Å²) in [5.74, 6) is -1.97. The van der Waals surface area contributed by atoms with Gasteiger partial charge in [-0.05, 0) is 65.8 Å². The number of esters is 1. The van der Waals surface area contributed by atoms with Crippen LogP contribution in [0.3, 0.4) is 0 Å². The molecule has 0 saturated heterocycles. The summed E-state index contributed by atoms with van der Waals surface area (Å²) in [7, 11) is 0. The average molecular weight is 564 g/mol. The number of rotatable bonds is 8. The van der Waals surface area contributed by atoms with E-state index in [0.717, 1.165) is 33.4 Å². The van der Waals surface area contributed by atoms with Gasteiger partial charge in [0.15, 0.2) is 0 Å². The molecule has 2 N–H and O–H groups in total. The van der Waals surface area contributed by atoms with Crippen LogP contribution in [0.15, 0.2) is 97.1 Å². The SMILES string of the molecule is CC(C)(C)OC(=O)c1cc(-c2ccccc2)ccc1C[C@H](NC(=O)OCC1c2ccccc2-c2ccccc21)C(=O)O. The Morgan fingerprint density at radius 2 is 1.40 bits per heavy atom. The van der Waals surface area contributed by atoms with Crippen molar-refractivity contribution in [1.82, 2.24) is 5.32 Å². The van der Waals surface area contributed by atoms with Crippen LogP contribution in [0.25, 0.3) is 22.3 Å². The first-order chi connectivity index (χ1) is 20.1. The van der Waals surface area contributed by atoms with Crippen molar-refractivity contribution in [1.29, 1.82) is 0 Å². The number of hydrogen-bond acceptors (Lipinski definition) is 5. The third-order valence-corrected chi connectivity index (χ3v) is 7.19. The maximum Gasteiger partial charge on any atom is 0.407 e. The molecular weight excluding hydrogens is 530 g/mol. The van der Waals surface area contributed by atoms with E-state index in [1.54, 1.807) is 32.9 Å². The smallest absolute Gasteiger partial charge is 0.407 e. The van der Waals surface area contributed by atoms with Crippen LogP contribution in [0.4, 0.5) is 4.79 Å². The number of nitrogens with one attached hydrogen (secondary N) is 1. The highest BCUT2D eigenvalue weighted by Crippen LogP contribution is 2.44. The molecule has 5 rings (SSSR count). The molecule has 0 spiro atoms. The lowest BCUT2D eigenvalue weighted by molar-refractivity contribution is -0.139. The van der Waals surface area contributed by atoms with E-state index in [-0.39, 0.29) is 24.5 Å². The van der Waals surface area contributed by atoms with Crippen LogP contribution < -0.4 is 5.32 Å². The van der Waals surface area contributed by atoms with E-state index in [1.807, 2.05) is 84.9 Å². The minimum atomic E-state index is -1.33. The second-order valence-electron chi connectivity index (χ2n) is 11.3. The first-order valence-electron chi connectivity index (χ1n) is 13.9. The summed E-state index contributed by atoms with van der Waals surface area (Å²) >= 11 is 0. The molecular formula is C35H33NO6. The molecule has 1 atom stereocenters. The highest BCUT2D eigenvalue weighted by atomic mass is 16.6. The molecule has 214 valence electrons. The topological polar surface area (TPSA) is 102 Å². The number of hydrogen-bond donors (Lipinski definition) is 2. The largest absolute Gasteiger partial charge is 0.480 e. The molecule has 1 aliphatic carbocycles. The third kappa shape index (κ3) is 6.36. The summed E-state index contributed by atoms with van der Waals surface area (Å²) in [6.45, 7) is 5.36. The van der Waals surface area contributed by atoms with Gasteiger partial charge in [-0.15, -0.1) is 0 Å². The molecule has 0 heterocycles. The third-order valence-electron chi connectivity index (χ3n) is 7.19. The summed E-state index contributed by atoms with van der Waals surface area (Å²) in [5, 5.41) is 12.5. The lowest BCUT2D eigenvalue weighted by atomic mass is 9.95. The summed E-state index contributed by atoms with van der Waals surface area (Å²) < 4.78 is 11.2. The van der Waals surface area contributed by atoms with Gasteiger partial charge in [-0.25, -0.2) is 14.4 Å². The lowest BCUT2D eigenvalue weighted by Gasteiger charge is -2.22. The van der Waals surface area contributed by atoms with Gasteiger partial charge in [0.2, 0.25) is 0 Å². The van der Waals surface area contributed by atoms with Crippen LogP contribution in [0.1, 0.15) is 53.7 Å². The Bertz CT molecular complexity index is 1580. The van der Waals surface area contributed by atoms with Gasteiger partial charge in [-0.1, -0.05) is 91.0 Å². The second kappa shape index (κ2) is 11.9. The van der Waals surface area contributed by atoms with Crippen LogP contribution in [-0.2, 0) is 20.7 Å². The second-order valence-corrected chi connectivity index (χ2v) is 11.3. The standard InChI is InChI=1S/C35H33NO6/c1-35(2,3)42-33(39)29-19-23(22-11-5-4-6-12-22)17-18-24(29)20-31(32(37)38)36-34(40)41-21-30-27-15-9-7-13-25(27)26-14-8-10-16-28(26)30/h4-19,30-31H,20-21H2,1-3H3,(H,36,40)(H,37,38)/t31-/m0/s1. The number of carboxylic acids is 1. The van der Waals surface area contributed by atoms with E-state index < -0.39 is 29.7 Å². The Hall–Kier alpha value is -4.91. The van der Waals surface area contributed by atoms with Crippen LogP contribution in [0.5, 0.6) is 0 Å². The average Bonchev–Trinajstić information content (AvgIpc) is 3.29. The Morgan fingerprint density at radius 1 is 0.810 bits per heavy atom. The number of amides is 1. The highest BCUT2D eigenvalue weighted by molar-refractivity contribution is 5.93. The number of alkyl carbamates (subject to hydrolysis) is 1. The molecule has 1 aliphatic rings. The van der Waals surface area contributed by atoms with Crippen molar-refractivity contribution < 1.29 is 29.0 Å². The first-order valence-corrected chi connectivity index (χ1v) is 13.9. The minimum absolute atomic E-state index is 0.0567. The number of carbonyl (C=O) groups excluding carboxylic acids is 2. The summed E-state index contributed by atoms with van der Waals surface area (Å²) in [6, 6.07) is 29.4. The summed E-state index contributed by atoms with van der Waals surface area (Å²) in [6.07, 6.45) is -0.979. The van der Waals surface area contributed by atoms with Gasteiger partial charge in [-0.3, -0.25) is 0 Å². The van der Waals surface area contributed by atoms with Crippen LogP contribution in [0.2, 0.25) is 0 Å². The van der Waals surface area contributed by atoms with Crippen molar-refractivity contribution in [2.75, 3.05) is 6.61 Å². The molecule has 0 aromatic heterocycles. The van der Waals surface area contributed by atoms with Crippen molar-refractivity contribution >= 4 is 18.0 Å². The van der Waals surface area contributed by atoms with E-state index in [9.17, 15) is 19.5 Å². The predicted octanol–water partition coefficient (Wildman–Crippen LogP) is 6.84. The maximum atomic E-state index is 13.2. The van der Waals surface area contributed by atoms with Gasteiger partial charge >= 0.3 is 18.0 Å². The van der Waals surface area contributed by atoms with Crippen molar-refractivity contribution in [3.63, 3.8) is 0 Å². The fraction of sp³-hybridized carbons (Fsp3) is 0.229. The molecule has 1 amide bonds. The first kappa shape index (κ1) is 28.6. The summed E-state index contributed by atoms with van der Waals surface area (Å²) in [5.41, 5.74) is 5.93. The minimum Gasteiger partial charge on any atom is -0.480 e. The van der Waals surface area contributed by atoms with Crippen molar-refractivity contribution in [2.24, 2.45) is 0 Å². The Labute approximate surface area is 245 Å². The van der Waals surface area contributed by atoms with Crippen LogP contribution in [-0.4, -0.2) is 41.4 Å². The Balaban J connectivity index is 1.33. The van der Waals surface area contributed by atoms with Gasteiger partial charge in [0.1, 0.15) is 18.2 Å². The molecule has 0 saturated carbocycles. The predicted molar refractivity (Wildman–Crippen MR) is 160 cm³/mol. The molecule has 7 heteroatoms. The van der Waals surface area contributed by atoms with E-state index in [2.05, 4.69) is 5.32 Å². The maximum absolute atomic E-state index is 13.2. The molecule has 4 aromatic carbocycles. The van der Waals surface area contributed by atoms with E-state index in [1.165, 1.54) is 0 Å². The van der Waals surface area contributed by atoms with Crippen LogP contribution in [0, 0.1) is 0 Å². The Morgan fingerprint density at radius 3 is 2.00 bits per heavy atom. The molecule has 7 nitrogen and oxygen atoms in total. The van der Waals surface area contributed by atoms with Crippen LogP contribution >= 0.6 is 0 Å². The van der Waals surface area contributed by atoms with E-state index in [4.69, 9.17) is 9.47 Å². The Kier molecular flexibility index (Phi) is 8.11. The van der Waals surface area contributed by atoms with Gasteiger partial charge < -0.3 is 19.9 Å². The van der Waals surface area contributed by atoms with E-state index in [0.29, 0.717) is 5.56 Å². The number of aliphatic carboxylic acids is 1. The zero-order valence-electron chi connectivity index (χ0n) is 23.8. The zero-order chi connectivity index (χ0) is 29.9. The zero-order valence-corrected chi connectivity index (χ0v) is 23.8. The number of benzene rings is 4. The molecule has 0 aliphatic heterocycles. The fourth-order valence-corrected chi connectivity index (χ4v) is 5.29.